The van der Waals surface area contributed by atoms with Crippen LogP contribution in [0.4, 0.5) is 11.8 Å². The van der Waals surface area contributed by atoms with E-state index in [0.29, 0.717) is 19.0 Å². The molecule has 0 saturated carbocycles. The Kier molecular flexibility index (Phi) is 6.15. The number of hydrogen-bond acceptors (Lipinski definition) is 6. The lowest BCUT2D eigenvalue weighted by Crippen LogP contribution is -2.08. The molecule has 2 aromatic carbocycles. The van der Waals surface area contributed by atoms with Crippen LogP contribution >= 0.6 is 0 Å². The zero-order valence-corrected chi connectivity index (χ0v) is 16.7. The van der Waals surface area contributed by atoms with Gasteiger partial charge in [0.05, 0.1) is 12.8 Å². The summed E-state index contributed by atoms with van der Waals surface area (Å²) in [5, 5.41) is 6.71. The number of pyridine rings is 1. The minimum absolute atomic E-state index is 0.558. The quantitative estimate of drug-likeness (QED) is 0.446. The van der Waals surface area contributed by atoms with E-state index in [9.17, 15) is 0 Å². The first-order chi connectivity index (χ1) is 14.8. The minimum atomic E-state index is 0.558. The lowest BCUT2D eigenvalue weighted by Gasteiger charge is -2.13. The largest absolute Gasteiger partial charge is 0.496 e. The highest BCUT2D eigenvalue weighted by atomic mass is 16.5. The van der Waals surface area contributed by atoms with Gasteiger partial charge in [0.1, 0.15) is 11.6 Å². The fourth-order valence-electron chi connectivity index (χ4n) is 3.09. The molecule has 0 amide bonds. The van der Waals surface area contributed by atoms with Gasteiger partial charge in [0, 0.05) is 42.7 Å². The molecule has 0 radical (unpaired) electrons. The second kappa shape index (κ2) is 9.52. The van der Waals surface area contributed by atoms with Crippen LogP contribution in [0, 0.1) is 0 Å². The normalized spacial score (nSPS) is 10.4. The molecule has 0 saturated heterocycles. The number of anilines is 2. The van der Waals surface area contributed by atoms with Crippen LogP contribution < -0.4 is 15.4 Å². The summed E-state index contributed by atoms with van der Waals surface area (Å²) in [6.45, 7) is 1.19. The molecule has 0 bridgehead atoms. The molecule has 4 aromatic rings. The van der Waals surface area contributed by atoms with E-state index in [2.05, 4.69) is 20.6 Å². The Hall–Kier alpha value is -3.93. The number of rotatable bonds is 8. The molecule has 30 heavy (non-hydrogen) atoms. The number of benzene rings is 2. The Bertz CT molecular complexity index is 1090. The maximum Gasteiger partial charge on any atom is 0.225 e. The molecule has 2 N–H and O–H groups in total. The molecule has 0 aliphatic heterocycles. The van der Waals surface area contributed by atoms with Crippen molar-refractivity contribution in [3.05, 3.63) is 96.3 Å². The van der Waals surface area contributed by atoms with E-state index in [0.717, 1.165) is 34.0 Å². The average molecular weight is 397 g/mol. The van der Waals surface area contributed by atoms with E-state index in [4.69, 9.17) is 9.72 Å². The maximum absolute atomic E-state index is 5.45. The van der Waals surface area contributed by atoms with Crippen LogP contribution in [0.5, 0.6) is 5.75 Å². The maximum atomic E-state index is 5.45. The number of para-hydroxylation sites is 1. The van der Waals surface area contributed by atoms with Gasteiger partial charge in [0.25, 0.3) is 0 Å². The molecule has 0 aliphatic rings. The average Bonchev–Trinajstić information content (AvgIpc) is 2.83. The third-order valence-corrected chi connectivity index (χ3v) is 4.62. The Morgan fingerprint density at radius 1 is 0.833 bits per heavy atom. The molecule has 6 nitrogen and oxygen atoms in total. The van der Waals surface area contributed by atoms with Crippen molar-refractivity contribution < 1.29 is 4.74 Å². The van der Waals surface area contributed by atoms with Crippen molar-refractivity contribution in [2.24, 2.45) is 0 Å². The molecular weight excluding hydrogens is 374 g/mol. The first-order valence-electron chi connectivity index (χ1n) is 9.75. The van der Waals surface area contributed by atoms with Crippen LogP contribution in [0.3, 0.4) is 0 Å². The van der Waals surface area contributed by atoms with E-state index in [-0.39, 0.29) is 0 Å². The molecule has 4 rings (SSSR count). The van der Waals surface area contributed by atoms with Crippen LogP contribution in [0.1, 0.15) is 11.1 Å². The smallest absolute Gasteiger partial charge is 0.225 e. The summed E-state index contributed by atoms with van der Waals surface area (Å²) in [6, 6.07) is 23.9. The first kappa shape index (κ1) is 19.4. The van der Waals surface area contributed by atoms with E-state index >= 15 is 0 Å². The third-order valence-electron chi connectivity index (χ3n) is 4.62. The Morgan fingerprint density at radius 3 is 2.47 bits per heavy atom. The standard InChI is InChI=1S/C24H23N5O/c1-30-22-12-6-5-11-20(22)17-26-23-14-21(19-9-3-2-4-10-19)28-24(29-23)27-16-18-8-7-13-25-15-18/h2-15H,16-17H2,1H3,(H2,26,27,28,29). The predicted octanol–water partition coefficient (Wildman–Crippen LogP) is 4.77. The van der Waals surface area contributed by atoms with Gasteiger partial charge in [-0.25, -0.2) is 4.98 Å². The highest BCUT2D eigenvalue weighted by Gasteiger charge is 2.08. The molecule has 0 atom stereocenters. The summed E-state index contributed by atoms with van der Waals surface area (Å²) in [6.07, 6.45) is 3.59. The summed E-state index contributed by atoms with van der Waals surface area (Å²) in [4.78, 5) is 13.5. The van der Waals surface area contributed by atoms with Gasteiger partial charge in [-0.2, -0.15) is 4.98 Å². The van der Waals surface area contributed by atoms with E-state index in [1.165, 1.54) is 0 Å². The molecule has 0 unspecified atom stereocenters. The molecule has 0 fully saturated rings. The lowest BCUT2D eigenvalue weighted by atomic mass is 10.1. The van der Waals surface area contributed by atoms with Crippen LogP contribution in [0.2, 0.25) is 0 Å². The summed E-state index contributed by atoms with van der Waals surface area (Å²) in [5.41, 5.74) is 4.01. The van der Waals surface area contributed by atoms with E-state index in [1.807, 2.05) is 79.0 Å². The fraction of sp³-hybridized carbons (Fsp3) is 0.125. The monoisotopic (exact) mass is 397 g/mol. The summed E-state index contributed by atoms with van der Waals surface area (Å²) >= 11 is 0. The third kappa shape index (κ3) is 4.91. The summed E-state index contributed by atoms with van der Waals surface area (Å²) in [5.74, 6) is 2.14. The van der Waals surface area contributed by atoms with Gasteiger partial charge in [-0.3, -0.25) is 4.98 Å². The summed E-state index contributed by atoms with van der Waals surface area (Å²) < 4.78 is 5.45. The van der Waals surface area contributed by atoms with Crippen LogP contribution in [0.15, 0.2) is 85.2 Å². The Balaban J connectivity index is 1.58. The molecule has 0 aliphatic carbocycles. The topological polar surface area (TPSA) is 72.0 Å². The first-order valence-corrected chi connectivity index (χ1v) is 9.75. The number of methoxy groups -OCH3 is 1. The number of aromatic nitrogens is 3. The predicted molar refractivity (Wildman–Crippen MR) is 119 cm³/mol. The van der Waals surface area contributed by atoms with Crippen molar-refractivity contribution in [2.45, 2.75) is 13.1 Å². The van der Waals surface area contributed by atoms with Gasteiger partial charge >= 0.3 is 0 Å². The lowest BCUT2D eigenvalue weighted by molar-refractivity contribution is 0.410. The second-order valence-electron chi connectivity index (χ2n) is 6.71. The molecule has 150 valence electrons. The van der Waals surface area contributed by atoms with Gasteiger partial charge in [-0.05, 0) is 17.7 Å². The molecule has 2 heterocycles. The summed E-state index contributed by atoms with van der Waals surface area (Å²) in [7, 11) is 1.68. The van der Waals surface area contributed by atoms with Crippen molar-refractivity contribution in [1.29, 1.82) is 0 Å². The Labute approximate surface area is 176 Å². The van der Waals surface area contributed by atoms with Gasteiger partial charge in [0.2, 0.25) is 5.95 Å². The van der Waals surface area contributed by atoms with Crippen molar-refractivity contribution in [3.63, 3.8) is 0 Å². The zero-order chi connectivity index (χ0) is 20.6. The highest BCUT2D eigenvalue weighted by molar-refractivity contribution is 5.64. The van der Waals surface area contributed by atoms with Crippen LogP contribution in [-0.2, 0) is 13.1 Å². The molecular formula is C24H23N5O. The molecule has 6 heteroatoms. The van der Waals surface area contributed by atoms with E-state index in [1.54, 1.807) is 13.3 Å². The van der Waals surface area contributed by atoms with Gasteiger partial charge in [-0.1, -0.05) is 54.6 Å². The highest BCUT2D eigenvalue weighted by Crippen LogP contribution is 2.23. The number of ether oxygens (including phenoxy) is 1. The van der Waals surface area contributed by atoms with Crippen LogP contribution in [0.25, 0.3) is 11.3 Å². The van der Waals surface area contributed by atoms with Gasteiger partial charge < -0.3 is 15.4 Å². The van der Waals surface area contributed by atoms with Crippen LogP contribution in [-0.4, -0.2) is 22.1 Å². The van der Waals surface area contributed by atoms with Gasteiger partial charge in [0.15, 0.2) is 0 Å². The van der Waals surface area contributed by atoms with Crippen molar-refractivity contribution in [1.82, 2.24) is 15.0 Å². The molecule has 0 spiro atoms. The van der Waals surface area contributed by atoms with Crippen molar-refractivity contribution in [2.75, 3.05) is 17.7 Å². The number of nitrogens with zero attached hydrogens (tertiary/aromatic N) is 3. The van der Waals surface area contributed by atoms with E-state index < -0.39 is 0 Å². The van der Waals surface area contributed by atoms with Crippen molar-refractivity contribution in [3.8, 4) is 17.0 Å². The molecule has 2 aromatic heterocycles. The van der Waals surface area contributed by atoms with Crippen molar-refractivity contribution >= 4 is 11.8 Å². The second-order valence-corrected chi connectivity index (χ2v) is 6.71. The Morgan fingerprint density at radius 2 is 1.67 bits per heavy atom. The minimum Gasteiger partial charge on any atom is -0.496 e. The fourth-order valence-corrected chi connectivity index (χ4v) is 3.09. The SMILES string of the molecule is COc1ccccc1CNc1cc(-c2ccccc2)nc(NCc2cccnc2)n1. The van der Waals surface area contributed by atoms with Gasteiger partial charge in [-0.15, -0.1) is 0 Å². The zero-order valence-electron chi connectivity index (χ0n) is 16.7. The number of nitrogens with one attached hydrogen (secondary N) is 2. The number of hydrogen-bond donors (Lipinski definition) is 2.